The third kappa shape index (κ3) is 2.94. The average molecular weight is 336 g/mol. The van der Waals surface area contributed by atoms with Crippen LogP contribution in [0.2, 0.25) is 0 Å². The standard InChI is InChI=1S/C20H24N4O/c1-14(2)24-19-17(12-23-24)9-15(11-22-19)10-21-13-20(25)8-7-16-5-3-4-6-18(16)20/h3-6,9,11-12,14,21,25H,7-8,10,13H2,1-2H3. The van der Waals surface area contributed by atoms with Crippen LogP contribution >= 0.6 is 0 Å². The van der Waals surface area contributed by atoms with Crippen molar-refractivity contribution in [2.24, 2.45) is 0 Å². The van der Waals surface area contributed by atoms with E-state index in [0.717, 1.165) is 35.0 Å². The summed E-state index contributed by atoms with van der Waals surface area (Å²) in [5.74, 6) is 0. The van der Waals surface area contributed by atoms with Gasteiger partial charge in [0.05, 0.1) is 6.20 Å². The van der Waals surface area contributed by atoms with Gasteiger partial charge < -0.3 is 10.4 Å². The third-order valence-electron chi connectivity index (χ3n) is 5.05. The Hall–Kier alpha value is -2.24. The van der Waals surface area contributed by atoms with Gasteiger partial charge >= 0.3 is 0 Å². The normalized spacial score (nSPS) is 19.7. The molecule has 0 radical (unpaired) electrons. The Morgan fingerprint density at radius 1 is 1.28 bits per heavy atom. The van der Waals surface area contributed by atoms with Crippen molar-refractivity contribution in [1.82, 2.24) is 20.1 Å². The van der Waals surface area contributed by atoms with E-state index in [4.69, 9.17) is 0 Å². The van der Waals surface area contributed by atoms with E-state index in [-0.39, 0.29) is 0 Å². The molecule has 0 fully saturated rings. The summed E-state index contributed by atoms with van der Waals surface area (Å²) < 4.78 is 1.94. The quantitative estimate of drug-likeness (QED) is 0.752. The molecule has 0 aliphatic heterocycles. The molecule has 0 spiro atoms. The van der Waals surface area contributed by atoms with Gasteiger partial charge in [-0.05, 0) is 49.4 Å². The summed E-state index contributed by atoms with van der Waals surface area (Å²) in [5.41, 5.74) is 3.58. The topological polar surface area (TPSA) is 63.0 Å². The van der Waals surface area contributed by atoms with Gasteiger partial charge in [0.2, 0.25) is 0 Å². The zero-order valence-electron chi connectivity index (χ0n) is 14.7. The molecule has 0 saturated carbocycles. The first-order chi connectivity index (χ1) is 12.1. The smallest absolute Gasteiger partial charge is 0.157 e. The molecule has 0 saturated heterocycles. The van der Waals surface area contributed by atoms with Crippen LogP contribution in [-0.4, -0.2) is 26.4 Å². The van der Waals surface area contributed by atoms with Gasteiger partial charge in [0, 0.05) is 30.7 Å². The minimum atomic E-state index is -0.767. The highest BCUT2D eigenvalue weighted by Gasteiger charge is 2.35. The molecule has 1 aromatic carbocycles. The second kappa shape index (κ2) is 6.24. The molecule has 1 aliphatic rings. The largest absolute Gasteiger partial charge is 0.384 e. The molecule has 130 valence electrons. The maximum Gasteiger partial charge on any atom is 0.157 e. The molecular formula is C20H24N4O. The summed E-state index contributed by atoms with van der Waals surface area (Å²) in [7, 11) is 0. The Balaban J connectivity index is 1.45. The summed E-state index contributed by atoms with van der Waals surface area (Å²) in [6, 6.07) is 10.6. The molecule has 0 amide bonds. The predicted octanol–water partition coefficient (Wildman–Crippen LogP) is 2.94. The molecule has 0 bridgehead atoms. The van der Waals surface area contributed by atoms with Crippen LogP contribution in [0.5, 0.6) is 0 Å². The van der Waals surface area contributed by atoms with Crippen molar-refractivity contribution in [2.75, 3.05) is 6.54 Å². The van der Waals surface area contributed by atoms with Crippen molar-refractivity contribution in [2.45, 2.75) is 44.9 Å². The van der Waals surface area contributed by atoms with E-state index >= 15 is 0 Å². The first-order valence-corrected chi connectivity index (χ1v) is 8.90. The lowest BCUT2D eigenvalue weighted by molar-refractivity contribution is 0.0384. The van der Waals surface area contributed by atoms with Crippen molar-refractivity contribution < 1.29 is 5.11 Å². The van der Waals surface area contributed by atoms with Crippen LogP contribution in [0, 0.1) is 0 Å². The van der Waals surface area contributed by atoms with E-state index in [1.54, 1.807) is 0 Å². The number of aryl methyl sites for hydroxylation is 1. The number of benzene rings is 1. The molecule has 1 atom stereocenters. The van der Waals surface area contributed by atoms with E-state index in [0.29, 0.717) is 19.1 Å². The van der Waals surface area contributed by atoms with E-state index in [1.165, 1.54) is 5.56 Å². The van der Waals surface area contributed by atoms with E-state index in [1.807, 2.05) is 35.3 Å². The summed E-state index contributed by atoms with van der Waals surface area (Å²) in [6.45, 7) is 5.43. The number of hydrogen-bond donors (Lipinski definition) is 2. The highest BCUT2D eigenvalue weighted by atomic mass is 16.3. The first-order valence-electron chi connectivity index (χ1n) is 8.90. The van der Waals surface area contributed by atoms with Crippen LogP contribution in [0.15, 0.2) is 42.7 Å². The lowest BCUT2D eigenvalue weighted by atomic mass is 9.96. The van der Waals surface area contributed by atoms with E-state index in [9.17, 15) is 5.11 Å². The van der Waals surface area contributed by atoms with Crippen molar-refractivity contribution in [3.63, 3.8) is 0 Å². The molecule has 1 aliphatic carbocycles. The Morgan fingerprint density at radius 2 is 2.12 bits per heavy atom. The number of hydrogen-bond acceptors (Lipinski definition) is 4. The Bertz CT molecular complexity index is 902. The van der Waals surface area contributed by atoms with Gasteiger partial charge in [-0.15, -0.1) is 0 Å². The Morgan fingerprint density at radius 3 is 2.96 bits per heavy atom. The molecule has 2 aromatic heterocycles. The number of pyridine rings is 1. The molecule has 3 aromatic rings. The van der Waals surface area contributed by atoms with E-state index < -0.39 is 5.60 Å². The number of fused-ring (bicyclic) bond motifs is 2. The average Bonchev–Trinajstić information content (AvgIpc) is 3.17. The molecule has 5 nitrogen and oxygen atoms in total. The predicted molar refractivity (Wildman–Crippen MR) is 98.3 cm³/mol. The monoisotopic (exact) mass is 336 g/mol. The van der Waals surface area contributed by atoms with E-state index in [2.05, 4.69) is 41.4 Å². The Labute approximate surface area is 147 Å². The van der Waals surface area contributed by atoms with Gasteiger partial charge in [0.15, 0.2) is 5.65 Å². The fourth-order valence-corrected chi connectivity index (χ4v) is 3.73. The van der Waals surface area contributed by atoms with Gasteiger partial charge in [-0.3, -0.25) is 0 Å². The van der Waals surface area contributed by atoms with Crippen LogP contribution in [0.25, 0.3) is 11.0 Å². The molecule has 4 rings (SSSR count). The molecule has 2 N–H and O–H groups in total. The maximum absolute atomic E-state index is 11.0. The summed E-state index contributed by atoms with van der Waals surface area (Å²) >= 11 is 0. The molecule has 2 heterocycles. The van der Waals surface area contributed by atoms with Crippen LogP contribution in [0.4, 0.5) is 0 Å². The summed E-state index contributed by atoms with van der Waals surface area (Å²) in [4.78, 5) is 4.56. The SMILES string of the molecule is CC(C)n1ncc2cc(CNCC3(O)CCc4ccccc43)cnc21. The molecular weight excluding hydrogens is 312 g/mol. The second-order valence-corrected chi connectivity index (χ2v) is 7.23. The third-order valence-corrected chi connectivity index (χ3v) is 5.05. The van der Waals surface area contributed by atoms with Crippen molar-refractivity contribution in [3.8, 4) is 0 Å². The highest BCUT2D eigenvalue weighted by Crippen LogP contribution is 2.36. The molecule has 5 heteroatoms. The number of nitrogens with one attached hydrogen (secondary N) is 1. The zero-order chi connectivity index (χ0) is 17.4. The minimum absolute atomic E-state index is 0.297. The van der Waals surface area contributed by atoms with Gasteiger partial charge in [-0.1, -0.05) is 24.3 Å². The van der Waals surface area contributed by atoms with Crippen LogP contribution < -0.4 is 5.32 Å². The fraction of sp³-hybridized carbons (Fsp3) is 0.400. The lowest BCUT2D eigenvalue weighted by Gasteiger charge is -2.24. The van der Waals surface area contributed by atoms with Gasteiger partial charge in [0.25, 0.3) is 0 Å². The first kappa shape index (κ1) is 16.2. The summed E-state index contributed by atoms with van der Waals surface area (Å²) in [5, 5.41) is 19.8. The van der Waals surface area contributed by atoms with Gasteiger partial charge in [-0.25, -0.2) is 9.67 Å². The van der Waals surface area contributed by atoms with Crippen LogP contribution in [-0.2, 0) is 18.6 Å². The van der Waals surface area contributed by atoms with Gasteiger partial charge in [-0.2, -0.15) is 5.10 Å². The zero-order valence-corrected chi connectivity index (χ0v) is 14.7. The second-order valence-electron chi connectivity index (χ2n) is 7.23. The highest BCUT2D eigenvalue weighted by molar-refractivity contribution is 5.75. The van der Waals surface area contributed by atoms with Crippen LogP contribution in [0.3, 0.4) is 0 Å². The number of aliphatic hydroxyl groups is 1. The van der Waals surface area contributed by atoms with Crippen molar-refractivity contribution >= 4 is 11.0 Å². The molecule has 25 heavy (non-hydrogen) atoms. The molecule has 1 unspecified atom stereocenters. The van der Waals surface area contributed by atoms with Gasteiger partial charge in [0.1, 0.15) is 5.60 Å². The lowest BCUT2D eigenvalue weighted by Crippen LogP contribution is -2.36. The number of nitrogens with zero attached hydrogens (tertiary/aromatic N) is 3. The number of rotatable bonds is 5. The van der Waals surface area contributed by atoms with Crippen molar-refractivity contribution in [3.05, 3.63) is 59.4 Å². The minimum Gasteiger partial charge on any atom is -0.384 e. The van der Waals surface area contributed by atoms with Crippen LogP contribution in [0.1, 0.15) is 43.0 Å². The fourth-order valence-electron chi connectivity index (χ4n) is 3.73. The number of aromatic nitrogens is 3. The Kier molecular flexibility index (Phi) is 4.06. The summed E-state index contributed by atoms with van der Waals surface area (Å²) in [6.07, 6.45) is 5.48. The maximum atomic E-state index is 11.0. The van der Waals surface area contributed by atoms with Crippen molar-refractivity contribution in [1.29, 1.82) is 0 Å².